The second-order valence-electron chi connectivity index (χ2n) is 4.92. The summed E-state index contributed by atoms with van der Waals surface area (Å²) < 4.78 is 5.25. The zero-order chi connectivity index (χ0) is 16.4. The third-order valence-corrected chi connectivity index (χ3v) is 3.57. The predicted octanol–water partition coefficient (Wildman–Crippen LogP) is 3.30. The van der Waals surface area contributed by atoms with Crippen molar-refractivity contribution >= 4 is 40.8 Å². The number of carboxylic acid groups (broad SMARTS) is 1. The molecule has 2 N–H and O–H groups in total. The Labute approximate surface area is 137 Å². The number of halogens is 1. The van der Waals surface area contributed by atoms with Gasteiger partial charge in [-0.2, -0.15) is 0 Å². The number of nitrogens with one attached hydrogen (secondary N) is 1. The van der Waals surface area contributed by atoms with Crippen molar-refractivity contribution in [2.75, 3.05) is 11.9 Å². The van der Waals surface area contributed by atoms with E-state index in [1.807, 2.05) is 0 Å². The molecule has 0 saturated carbocycles. The lowest BCUT2D eigenvalue weighted by molar-refractivity contribution is -0.139. The minimum absolute atomic E-state index is 0.240. The summed E-state index contributed by atoms with van der Waals surface area (Å²) in [6.07, 6.45) is 1.67. The van der Waals surface area contributed by atoms with Crippen molar-refractivity contribution in [3.05, 3.63) is 58.6 Å². The van der Waals surface area contributed by atoms with Gasteiger partial charge in [-0.3, -0.25) is 4.79 Å². The molecule has 0 fully saturated rings. The van der Waals surface area contributed by atoms with E-state index in [1.165, 1.54) is 0 Å². The van der Waals surface area contributed by atoms with Crippen molar-refractivity contribution in [3.63, 3.8) is 0 Å². The SMILES string of the molecule is O=C(O)COc1ccccc1C=C1C(=O)Nc2cc(Cl)ccc21. The molecule has 23 heavy (non-hydrogen) atoms. The molecular weight excluding hydrogens is 318 g/mol. The fourth-order valence-electron chi connectivity index (χ4n) is 2.34. The number of aliphatic carboxylic acids is 1. The minimum atomic E-state index is -1.06. The molecule has 3 rings (SSSR count). The van der Waals surface area contributed by atoms with E-state index in [1.54, 1.807) is 48.5 Å². The number of rotatable bonds is 4. The zero-order valence-electron chi connectivity index (χ0n) is 11.9. The van der Waals surface area contributed by atoms with Crippen molar-refractivity contribution < 1.29 is 19.4 Å². The van der Waals surface area contributed by atoms with E-state index >= 15 is 0 Å². The van der Waals surface area contributed by atoms with E-state index in [9.17, 15) is 9.59 Å². The molecule has 0 unspecified atom stereocenters. The van der Waals surface area contributed by atoms with Crippen molar-refractivity contribution in [1.82, 2.24) is 0 Å². The summed E-state index contributed by atoms with van der Waals surface area (Å²) in [5.41, 5.74) is 2.50. The quantitative estimate of drug-likeness (QED) is 0.844. The summed E-state index contributed by atoms with van der Waals surface area (Å²) in [6.45, 7) is -0.446. The molecule has 0 atom stereocenters. The molecule has 1 heterocycles. The Balaban J connectivity index is 2.00. The smallest absolute Gasteiger partial charge is 0.341 e. The van der Waals surface area contributed by atoms with Crippen LogP contribution in [0.3, 0.4) is 0 Å². The number of ether oxygens (including phenoxy) is 1. The maximum absolute atomic E-state index is 12.2. The van der Waals surface area contributed by atoms with Gasteiger partial charge in [0, 0.05) is 21.7 Å². The molecule has 1 aliphatic heterocycles. The van der Waals surface area contributed by atoms with Crippen LogP contribution in [0.5, 0.6) is 5.75 Å². The maximum Gasteiger partial charge on any atom is 0.341 e. The van der Waals surface area contributed by atoms with Gasteiger partial charge in [-0.05, 0) is 24.3 Å². The number of para-hydroxylation sites is 1. The Hall–Kier alpha value is -2.79. The first-order valence-corrected chi connectivity index (χ1v) is 7.19. The van der Waals surface area contributed by atoms with Gasteiger partial charge >= 0.3 is 5.97 Å². The zero-order valence-corrected chi connectivity index (χ0v) is 12.6. The topological polar surface area (TPSA) is 75.6 Å². The fourth-order valence-corrected chi connectivity index (χ4v) is 2.51. The van der Waals surface area contributed by atoms with Gasteiger partial charge in [-0.1, -0.05) is 35.9 Å². The van der Waals surface area contributed by atoms with E-state index < -0.39 is 12.6 Å². The van der Waals surface area contributed by atoms with Gasteiger partial charge in [0.1, 0.15) is 5.75 Å². The molecule has 1 amide bonds. The first-order chi connectivity index (χ1) is 11.0. The summed E-state index contributed by atoms with van der Waals surface area (Å²) in [6, 6.07) is 12.1. The Kier molecular flexibility index (Phi) is 4.04. The second-order valence-corrected chi connectivity index (χ2v) is 5.36. The highest BCUT2D eigenvalue weighted by Gasteiger charge is 2.24. The first kappa shape index (κ1) is 15.1. The van der Waals surface area contributed by atoms with Gasteiger partial charge < -0.3 is 15.2 Å². The standard InChI is InChI=1S/C17H12ClNO4/c18-11-5-6-12-13(17(22)19-14(12)8-11)7-10-3-1-2-4-15(10)23-9-16(20)21/h1-8H,9H2,(H,19,22)(H,20,21). The van der Waals surface area contributed by atoms with Gasteiger partial charge in [-0.15, -0.1) is 0 Å². The number of anilines is 1. The van der Waals surface area contributed by atoms with Crippen LogP contribution in [0.1, 0.15) is 11.1 Å². The number of fused-ring (bicyclic) bond motifs is 1. The van der Waals surface area contributed by atoms with Crippen molar-refractivity contribution in [3.8, 4) is 5.75 Å². The van der Waals surface area contributed by atoms with E-state index in [-0.39, 0.29) is 5.91 Å². The molecule has 0 aliphatic carbocycles. The van der Waals surface area contributed by atoms with Gasteiger partial charge in [0.2, 0.25) is 0 Å². The van der Waals surface area contributed by atoms with E-state index in [0.717, 1.165) is 5.56 Å². The molecule has 6 heteroatoms. The highest BCUT2D eigenvalue weighted by Crippen LogP contribution is 2.36. The number of amides is 1. The highest BCUT2D eigenvalue weighted by molar-refractivity contribution is 6.36. The highest BCUT2D eigenvalue weighted by atomic mass is 35.5. The molecule has 0 radical (unpaired) electrons. The fraction of sp³-hybridized carbons (Fsp3) is 0.0588. The van der Waals surface area contributed by atoms with Crippen LogP contribution in [0, 0.1) is 0 Å². The summed E-state index contributed by atoms with van der Waals surface area (Å²) in [4.78, 5) is 22.8. The molecule has 0 saturated heterocycles. The van der Waals surface area contributed by atoms with Crippen LogP contribution in [0.15, 0.2) is 42.5 Å². The van der Waals surface area contributed by atoms with Gasteiger partial charge in [0.25, 0.3) is 5.91 Å². The van der Waals surface area contributed by atoms with E-state index in [0.29, 0.717) is 27.6 Å². The second kappa shape index (κ2) is 6.14. The Morgan fingerprint density at radius 3 is 2.83 bits per heavy atom. The van der Waals surface area contributed by atoms with Crippen LogP contribution in [0.4, 0.5) is 5.69 Å². The number of carboxylic acids is 1. The van der Waals surface area contributed by atoms with Crippen LogP contribution >= 0.6 is 11.6 Å². The van der Waals surface area contributed by atoms with E-state index in [2.05, 4.69) is 5.32 Å². The first-order valence-electron chi connectivity index (χ1n) is 6.81. The molecule has 0 spiro atoms. The maximum atomic E-state index is 12.2. The summed E-state index contributed by atoms with van der Waals surface area (Å²) in [5.74, 6) is -0.904. The number of hydrogen-bond acceptors (Lipinski definition) is 3. The van der Waals surface area contributed by atoms with Crippen LogP contribution in [-0.4, -0.2) is 23.6 Å². The Morgan fingerprint density at radius 1 is 1.26 bits per heavy atom. The molecule has 116 valence electrons. The van der Waals surface area contributed by atoms with Crippen LogP contribution in [-0.2, 0) is 9.59 Å². The molecule has 2 aromatic rings. The lowest BCUT2D eigenvalue weighted by atomic mass is 10.0. The Morgan fingerprint density at radius 2 is 2.04 bits per heavy atom. The van der Waals surface area contributed by atoms with Crippen LogP contribution in [0.25, 0.3) is 11.6 Å². The lowest BCUT2D eigenvalue weighted by Gasteiger charge is -2.07. The molecule has 5 nitrogen and oxygen atoms in total. The van der Waals surface area contributed by atoms with Gasteiger partial charge in [0.05, 0.1) is 5.69 Å². The molecule has 2 aromatic carbocycles. The van der Waals surface area contributed by atoms with Gasteiger partial charge in [-0.25, -0.2) is 4.79 Å². The van der Waals surface area contributed by atoms with Crippen molar-refractivity contribution in [1.29, 1.82) is 0 Å². The molecule has 0 bridgehead atoms. The minimum Gasteiger partial charge on any atom is -0.481 e. The average molecular weight is 330 g/mol. The normalized spacial score (nSPS) is 14.5. The third-order valence-electron chi connectivity index (χ3n) is 3.33. The van der Waals surface area contributed by atoms with Crippen LogP contribution in [0.2, 0.25) is 5.02 Å². The molecule has 0 aromatic heterocycles. The van der Waals surface area contributed by atoms with E-state index in [4.69, 9.17) is 21.4 Å². The molecule has 1 aliphatic rings. The molecular formula is C17H12ClNO4. The Bertz CT molecular complexity index is 829. The van der Waals surface area contributed by atoms with Crippen molar-refractivity contribution in [2.24, 2.45) is 0 Å². The monoisotopic (exact) mass is 329 g/mol. The van der Waals surface area contributed by atoms with Crippen molar-refractivity contribution in [2.45, 2.75) is 0 Å². The lowest BCUT2D eigenvalue weighted by Crippen LogP contribution is -2.10. The van der Waals surface area contributed by atoms with Crippen LogP contribution < -0.4 is 10.1 Å². The summed E-state index contributed by atoms with van der Waals surface area (Å²) >= 11 is 5.93. The predicted molar refractivity (Wildman–Crippen MR) is 87.5 cm³/mol. The number of hydrogen-bond donors (Lipinski definition) is 2. The largest absolute Gasteiger partial charge is 0.481 e. The number of carbonyl (C=O) groups excluding carboxylic acids is 1. The third kappa shape index (κ3) is 3.19. The average Bonchev–Trinajstić information content (AvgIpc) is 2.81. The number of carbonyl (C=O) groups is 2. The summed E-state index contributed by atoms with van der Waals surface area (Å²) in [7, 11) is 0. The van der Waals surface area contributed by atoms with Gasteiger partial charge in [0.15, 0.2) is 6.61 Å². The summed E-state index contributed by atoms with van der Waals surface area (Å²) in [5, 5.41) is 12.0. The number of benzene rings is 2.